The minimum atomic E-state index is 0.0422. The van der Waals surface area contributed by atoms with E-state index in [2.05, 4.69) is 15.0 Å². The molecular formula is C21H19ClN4O. The van der Waals surface area contributed by atoms with Crippen LogP contribution in [0, 0.1) is 5.92 Å². The lowest BCUT2D eigenvalue weighted by Gasteiger charge is -2.17. The van der Waals surface area contributed by atoms with Crippen LogP contribution >= 0.6 is 11.6 Å². The number of aromatic nitrogens is 3. The van der Waals surface area contributed by atoms with E-state index in [1.54, 1.807) is 30.9 Å². The second-order valence-electron chi connectivity index (χ2n) is 6.64. The molecule has 3 aromatic heterocycles. The summed E-state index contributed by atoms with van der Waals surface area (Å²) in [6.07, 6.45) is 9.56. The van der Waals surface area contributed by atoms with Crippen molar-refractivity contribution in [3.8, 4) is 11.3 Å². The number of rotatable bonds is 5. The highest BCUT2D eigenvalue weighted by Crippen LogP contribution is 2.29. The lowest BCUT2D eigenvalue weighted by atomic mass is 9.99. The zero-order valence-corrected chi connectivity index (χ0v) is 15.5. The fourth-order valence-corrected chi connectivity index (χ4v) is 3.51. The maximum Gasteiger partial charge on any atom is 0.230 e. The summed E-state index contributed by atoms with van der Waals surface area (Å²) in [7, 11) is 0. The van der Waals surface area contributed by atoms with Crippen LogP contribution in [0.1, 0.15) is 18.4 Å². The molecule has 6 heteroatoms. The van der Waals surface area contributed by atoms with Crippen LogP contribution < -0.4 is 4.90 Å². The summed E-state index contributed by atoms with van der Waals surface area (Å²) in [5.41, 5.74) is 3.85. The molecule has 0 aliphatic carbocycles. The number of pyridine rings is 3. The highest BCUT2D eigenvalue weighted by atomic mass is 35.5. The normalized spacial score (nSPS) is 16.7. The third-order valence-electron chi connectivity index (χ3n) is 4.92. The van der Waals surface area contributed by atoms with Gasteiger partial charge in [0, 0.05) is 36.6 Å². The Bertz CT molecular complexity index is 913. The fraction of sp³-hybridized carbons (Fsp3) is 0.238. The molecule has 0 spiro atoms. The Morgan fingerprint density at radius 3 is 2.59 bits per heavy atom. The molecule has 1 atom stereocenters. The van der Waals surface area contributed by atoms with Crippen LogP contribution in [0.4, 0.5) is 5.69 Å². The van der Waals surface area contributed by atoms with Crippen molar-refractivity contribution in [2.45, 2.75) is 19.3 Å². The predicted octanol–water partition coefficient (Wildman–Crippen LogP) is 4.18. The van der Waals surface area contributed by atoms with Crippen molar-refractivity contribution in [1.29, 1.82) is 0 Å². The van der Waals surface area contributed by atoms with Gasteiger partial charge in [0.25, 0.3) is 0 Å². The van der Waals surface area contributed by atoms with Gasteiger partial charge in [-0.2, -0.15) is 0 Å². The van der Waals surface area contributed by atoms with Gasteiger partial charge in [0.2, 0.25) is 5.91 Å². The molecule has 4 heterocycles. The molecular weight excluding hydrogens is 360 g/mol. The third kappa shape index (κ3) is 3.98. The van der Waals surface area contributed by atoms with Gasteiger partial charge < -0.3 is 4.90 Å². The number of carbonyl (C=O) groups excluding carboxylic acids is 1. The zero-order chi connectivity index (χ0) is 18.6. The first kappa shape index (κ1) is 17.6. The molecule has 1 fully saturated rings. The van der Waals surface area contributed by atoms with Gasteiger partial charge in [-0.05, 0) is 55.2 Å². The van der Waals surface area contributed by atoms with Crippen molar-refractivity contribution < 1.29 is 4.79 Å². The van der Waals surface area contributed by atoms with Gasteiger partial charge in [-0.15, -0.1) is 0 Å². The van der Waals surface area contributed by atoms with E-state index in [4.69, 9.17) is 11.6 Å². The van der Waals surface area contributed by atoms with E-state index in [1.807, 2.05) is 35.2 Å². The van der Waals surface area contributed by atoms with Crippen molar-refractivity contribution >= 4 is 23.2 Å². The zero-order valence-electron chi connectivity index (χ0n) is 14.8. The fourth-order valence-electron chi connectivity index (χ4n) is 3.40. The molecule has 4 rings (SSSR count). The van der Waals surface area contributed by atoms with E-state index in [1.165, 1.54) is 0 Å². The first-order valence-corrected chi connectivity index (χ1v) is 9.37. The SMILES string of the molecule is O=C1[C@@H](CCc2ccc(Cl)nc2)CCN1c1ccc(-c2ccncc2)nc1. The highest BCUT2D eigenvalue weighted by molar-refractivity contribution is 6.29. The van der Waals surface area contributed by atoms with Crippen molar-refractivity contribution in [2.75, 3.05) is 11.4 Å². The Labute approximate surface area is 163 Å². The molecule has 1 aliphatic rings. The van der Waals surface area contributed by atoms with E-state index < -0.39 is 0 Å². The van der Waals surface area contributed by atoms with E-state index >= 15 is 0 Å². The van der Waals surface area contributed by atoms with Crippen molar-refractivity contribution in [3.63, 3.8) is 0 Å². The van der Waals surface area contributed by atoms with E-state index in [0.717, 1.165) is 48.3 Å². The largest absolute Gasteiger partial charge is 0.311 e. The Balaban J connectivity index is 1.40. The number of nitrogens with zero attached hydrogens (tertiary/aromatic N) is 4. The van der Waals surface area contributed by atoms with Crippen LogP contribution in [-0.4, -0.2) is 27.4 Å². The summed E-state index contributed by atoms with van der Waals surface area (Å²) in [5.74, 6) is 0.218. The predicted molar refractivity (Wildman–Crippen MR) is 105 cm³/mol. The van der Waals surface area contributed by atoms with E-state index in [0.29, 0.717) is 5.15 Å². The van der Waals surface area contributed by atoms with Crippen molar-refractivity contribution in [1.82, 2.24) is 15.0 Å². The Morgan fingerprint density at radius 1 is 1.04 bits per heavy atom. The van der Waals surface area contributed by atoms with E-state index in [9.17, 15) is 4.79 Å². The number of carbonyl (C=O) groups is 1. The number of amides is 1. The quantitative estimate of drug-likeness (QED) is 0.625. The van der Waals surface area contributed by atoms with Crippen LogP contribution in [0.5, 0.6) is 0 Å². The minimum absolute atomic E-state index is 0.0422. The van der Waals surface area contributed by atoms with Crippen molar-refractivity contribution in [3.05, 3.63) is 71.9 Å². The van der Waals surface area contributed by atoms with Crippen LogP contribution in [0.3, 0.4) is 0 Å². The summed E-state index contributed by atoms with van der Waals surface area (Å²) in [4.78, 5) is 27.3. The number of aryl methyl sites for hydroxylation is 1. The molecule has 5 nitrogen and oxygen atoms in total. The molecule has 0 bridgehead atoms. The number of anilines is 1. The average molecular weight is 379 g/mol. The second-order valence-corrected chi connectivity index (χ2v) is 7.03. The first-order valence-electron chi connectivity index (χ1n) is 8.99. The van der Waals surface area contributed by atoms with E-state index in [-0.39, 0.29) is 11.8 Å². The molecule has 0 radical (unpaired) electrons. The summed E-state index contributed by atoms with van der Waals surface area (Å²) in [5, 5.41) is 0.490. The molecule has 136 valence electrons. The molecule has 0 unspecified atom stereocenters. The summed E-state index contributed by atoms with van der Waals surface area (Å²) >= 11 is 5.82. The number of hydrogen-bond donors (Lipinski definition) is 0. The molecule has 0 aromatic carbocycles. The molecule has 1 saturated heterocycles. The molecule has 1 amide bonds. The third-order valence-corrected chi connectivity index (χ3v) is 5.15. The maximum absolute atomic E-state index is 12.8. The van der Waals surface area contributed by atoms with Gasteiger partial charge in [0.15, 0.2) is 0 Å². The van der Waals surface area contributed by atoms with Gasteiger partial charge in [0.05, 0.1) is 17.6 Å². The molecule has 27 heavy (non-hydrogen) atoms. The standard InChI is InChI=1S/C21H19ClN4O/c22-20-6-2-15(13-25-20)1-3-17-9-12-26(21(17)27)18-4-5-19(24-14-18)16-7-10-23-11-8-16/h2,4-8,10-11,13-14,17H,1,3,9,12H2/t17-/m0/s1. The van der Waals surface area contributed by atoms with Crippen LogP contribution in [0.25, 0.3) is 11.3 Å². The summed E-state index contributed by atoms with van der Waals surface area (Å²) < 4.78 is 0. The summed E-state index contributed by atoms with van der Waals surface area (Å²) in [6, 6.07) is 11.5. The van der Waals surface area contributed by atoms with Crippen molar-refractivity contribution in [2.24, 2.45) is 5.92 Å². The summed E-state index contributed by atoms with van der Waals surface area (Å²) in [6.45, 7) is 0.735. The first-order chi connectivity index (χ1) is 13.2. The molecule has 0 N–H and O–H groups in total. The maximum atomic E-state index is 12.8. The highest BCUT2D eigenvalue weighted by Gasteiger charge is 2.32. The Kier molecular flexibility index (Phi) is 5.12. The number of hydrogen-bond acceptors (Lipinski definition) is 4. The van der Waals surface area contributed by atoms with Crippen LogP contribution in [-0.2, 0) is 11.2 Å². The second kappa shape index (κ2) is 7.84. The van der Waals surface area contributed by atoms with Gasteiger partial charge in [0.1, 0.15) is 5.15 Å². The topological polar surface area (TPSA) is 59.0 Å². The van der Waals surface area contributed by atoms with Gasteiger partial charge in [-0.3, -0.25) is 14.8 Å². The average Bonchev–Trinajstić information content (AvgIpc) is 3.09. The van der Waals surface area contributed by atoms with Gasteiger partial charge in [-0.1, -0.05) is 17.7 Å². The van der Waals surface area contributed by atoms with Gasteiger partial charge in [-0.25, -0.2) is 4.98 Å². The van der Waals surface area contributed by atoms with Gasteiger partial charge >= 0.3 is 0 Å². The molecule has 1 aliphatic heterocycles. The monoisotopic (exact) mass is 378 g/mol. The Morgan fingerprint density at radius 2 is 1.89 bits per heavy atom. The lowest BCUT2D eigenvalue weighted by molar-refractivity contribution is -0.120. The number of halogens is 1. The molecule has 3 aromatic rings. The molecule has 0 saturated carbocycles. The van der Waals surface area contributed by atoms with Crippen LogP contribution in [0.2, 0.25) is 5.15 Å². The Hall–Kier alpha value is -2.79. The lowest BCUT2D eigenvalue weighted by Crippen LogP contribution is -2.27. The minimum Gasteiger partial charge on any atom is -0.311 e. The smallest absolute Gasteiger partial charge is 0.230 e. The van der Waals surface area contributed by atoms with Crippen LogP contribution in [0.15, 0.2) is 61.2 Å².